The van der Waals surface area contributed by atoms with Gasteiger partial charge in [-0.05, 0) is 92.6 Å². The summed E-state index contributed by atoms with van der Waals surface area (Å²) in [6.45, 7) is 7.52. The molecule has 4 aliphatic rings. The molecule has 2 heteroatoms. The van der Waals surface area contributed by atoms with E-state index >= 15 is 0 Å². The summed E-state index contributed by atoms with van der Waals surface area (Å²) in [6, 6.07) is 8.62. The summed E-state index contributed by atoms with van der Waals surface area (Å²) in [5, 5.41) is 0. The van der Waals surface area contributed by atoms with Gasteiger partial charge in [0.25, 0.3) is 0 Å². The molecule has 2 fully saturated rings. The quantitative estimate of drug-likeness (QED) is 0.478. The summed E-state index contributed by atoms with van der Waals surface area (Å²) in [5.41, 5.74) is 6.56. The van der Waals surface area contributed by atoms with Crippen LogP contribution in [0.15, 0.2) is 48.3 Å². The molecule has 30 heavy (non-hydrogen) atoms. The van der Waals surface area contributed by atoms with Gasteiger partial charge in [-0.25, -0.2) is 4.98 Å². The van der Waals surface area contributed by atoms with Gasteiger partial charge in [0.1, 0.15) is 6.33 Å². The lowest BCUT2D eigenvalue weighted by Crippen LogP contribution is -2.50. The molecular weight excluding hydrogens is 364 g/mol. The average molecular weight is 401 g/mol. The van der Waals surface area contributed by atoms with E-state index in [0.29, 0.717) is 5.41 Å². The van der Waals surface area contributed by atoms with E-state index < -0.39 is 0 Å². The fourth-order valence-corrected chi connectivity index (χ4v) is 8.37. The molecule has 0 amide bonds. The lowest BCUT2D eigenvalue weighted by Gasteiger charge is -2.59. The molecule has 6 atom stereocenters. The lowest BCUT2D eigenvalue weighted by molar-refractivity contribution is -0.0255. The molecule has 0 aliphatic heterocycles. The minimum Gasteiger partial charge on any atom is -0.302 e. The van der Waals surface area contributed by atoms with Crippen LogP contribution < -0.4 is 0 Å². The Kier molecular flexibility index (Phi) is 4.15. The van der Waals surface area contributed by atoms with Crippen molar-refractivity contribution in [3.63, 3.8) is 0 Å². The minimum atomic E-state index is 0.285. The molecule has 0 spiro atoms. The zero-order valence-electron chi connectivity index (χ0n) is 18.9. The van der Waals surface area contributed by atoms with Crippen LogP contribution in [-0.4, -0.2) is 9.55 Å². The first-order valence-corrected chi connectivity index (χ1v) is 12.4. The molecule has 0 saturated heterocycles. The average Bonchev–Trinajstić information content (AvgIpc) is 3.33. The summed E-state index contributed by atoms with van der Waals surface area (Å²) in [4.78, 5) is 4.71. The Morgan fingerprint density at radius 3 is 2.80 bits per heavy atom. The first-order valence-electron chi connectivity index (χ1n) is 12.4. The van der Waals surface area contributed by atoms with Crippen molar-refractivity contribution in [1.82, 2.24) is 9.55 Å². The molecule has 2 saturated carbocycles. The van der Waals surface area contributed by atoms with E-state index in [9.17, 15) is 0 Å². The summed E-state index contributed by atoms with van der Waals surface area (Å²) in [6.07, 6.45) is 18.3. The third kappa shape index (κ3) is 2.40. The molecule has 1 heterocycles. The van der Waals surface area contributed by atoms with Crippen LogP contribution in [0.2, 0.25) is 0 Å². The zero-order valence-corrected chi connectivity index (χ0v) is 18.9. The molecule has 6 rings (SSSR count). The van der Waals surface area contributed by atoms with Gasteiger partial charge in [-0.15, -0.1) is 0 Å². The molecule has 0 radical (unpaired) electrons. The van der Waals surface area contributed by atoms with Crippen LogP contribution in [-0.2, 0) is 0 Å². The second-order valence-electron chi connectivity index (χ2n) is 11.1. The van der Waals surface area contributed by atoms with Gasteiger partial charge < -0.3 is 4.57 Å². The van der Waals surface area contributed by atoms with Gasteiger partial charge >= 0.3 is 0 Å². The highest BCUT2D eigenvalue weighted by Gasteiger charge is 2.57. The normalized spacial score (nSPS) is 40.4. The van der Waals surface area contributed by atoms with Crippen LogP contribution in [0.4, 0.5) is 0 Å². The molecule has 158 valence electrons. The van der Waals surface area contributed by atoms with Gasteiger partial charge in [-0.2, -0.15) is 0 Å². The van der Waals surface area contributed by atoms with E-state index in [1.54, 1.807) is 0 Å². The number of hydrogen-bond donors (Lipinski definition) is 0. The van der Waals surface area contributed by atoms with Crippen LogP contribution in [0, 0.1) is 34.5 Å². The van der Waals surface area contributed by atoms with Crippen LogP contribution in [0.3, 0.4) is 0 Å². The molecular formula is C28H36N2. The highest BCUT2D eigenvalue weighted by Crippen LogP contribution is 2.66. The second kappa shape index (κ2) is 6.58. The highest BCUT2D eigenvalue weighted by molar-refractivity contribution is 5.80. The van der Waals surface area contributed by atoms with Crippen LogP contribution in [0.5, 0.6) is 0 Å². The van der Waals surface area contributed by atoms with Crippen molar-refractivity contribution in [1.29, 1.82) is 0 Å². The molecule has 2 nitrogen and oxygen atoms in total. The molecule has 0 bridgehead atoms. The SMILES string of the molecule is CC[C@]12CC[C@H](C)CC1=CCC1C2CC[C@]2(C)C(n3cnc4ccccc43)=CCC12. The third-order valence-corrected chi connectivity index (χ3v) is 9.96. The number of nitrogens with zero attached hydrogens (tertiary/aromatic N) is 2. The zero-order chi connectivity index (χ0) is 20.5. The number of hydrogen-bond acceptors (Lipinski definition) is 1. The van der Waals surface area contributed by atoms with Crippen LogP contribution >= 0.6 is 0 Å². The maximum atomic E-state index is 4.71. The van der Waals surface area contributed by atoms with Gasteiger partial charge in [-0.1, -0.05) is 50.6 Å². The van der Waals surface area contributed by atoms with Crippen molar-refractivity contribution in [2.75, 3.05) is 0 Å². The first kappa shape index (κ1) is 18.9. The molecule has 2 aromatic rings. The Bertz CT molecular complexity index is 1040. The van der Waals surface area contributed by atoms with E-state index in [2.05, 4.69) is 68.1 Å². The highest BCUT2D eigenvalue weighted by atomic mass is 15.1. The van der Waals surface area contributed by atoms with E-state index in [0.717, 1.165) is 29.2 Å². The molecule has 1 aromatic heterocycles. The van der Waals surface area contributed by atoms with E-state index in [1.165, 1.54) is 62.6 Å². The fourth-order valence-electron chi connectivity index (χ4n) is 8.37. The number of fused-ring (bicyclic) bond motifs is 6. The van der Waals surface area contributed by atoms with Gasteiger partial charge in [0, 0.05) is 11.1 Å². The molecule has 3 unspecified atom stereocenters. The third-order valence-electron chi connectivity index (χ3n) is 9.96. The summed E-state index contributed by atoms with van der Waals surface area (Å²) >= 11 is 0. The summed E-state index contributed by atoms with van der Waals surface area (Å²) < 4.78 is 2.41. The van der Waals surface area contributed by atoms with E-state index in [1.807, 2.05) is 5.57 Å². The van der Waals surface area contributed by atoms with Gasteiger partial charge in [0.05, 0.1) is 11.0 Å². The standard InChI is InChI=1S/C28H36N2/c1-4-28-16-13-19(2)17-20(28)9-10-21-22-11-12-26(27(22,3)15-14-23(21)28)30-18-29-24-7-5-6-8-25(24)30/h5-9,12,18-19,21-23H,4,10-11,13-17H2,1-3H3/t19-,21?,22?,23?,27-,28-/m0/s1. The summed E-state index contributed by atoms with van der Waals surface area (Å²) in [7, 11) is 0. The predicted molar refractivity (Wildman–Crippen MR) is 125 cm³/mol. The topological polar surface area (TPSA) is 17.8 Å². The maximum absolute atomic E-state index is 4.71. The van der Waals surface area contributed by atoms with Crippen molar-refractivity contribution in [3.8, 4) is 0 Å². The van der Waals surface area contributed by atoms with Crippen LogP contribution in [0.25, 0.3) is 16.7 Å². The second-order valence-corrected chi connectivity index (χ2v) is 11.1. The number of benzene rings is 1. The Hall–Kier alpha value is -1.83. The molecule has 0 N–H and O–H groups in total. The number of aromatic nitrogens is 2. The first-order chi connectivity index (χ1) is 14.6. The number of imidazole rings is 1. The Balaban J connectivity index is 1.37. The number of allylic oxidation sites excluding steroid dienone is 4. The van der Waals surface area contributed by atoms with E-state index in [4.69, 9.17) is 4.98 Å². The Morgan fingerprint density at radius 2 is 1.93 bits per heavy atom. The van der Waals surface area contributed by atoms with E-state index in [-0.39, 0.29) is 5.41 Å². The summed E-state index contributed by atoms with van der Waals surface area (Å²) in [5.74, 6) is 3.42. The number of rotatable bonds is 2. The monoisotopic (exact) mass is 400 g/mol. The Labute approximate surface area is 181 Å². The Morgan fingerprint density at radius 1 is 1.07 bits per heavy atom. The van der Waals surface area contributed by atoms with Crippen molar-refractivity contribution < 1.29 is 0 Å². The molecule has 4 aliphatic carbocycles. The smallest absolute Gasteiger partial charge is 0.100 e. The van der Waals surface area contributed by atoms with Gasteiger partial charge in [0.15, 0.2) is 0 Å². The fraction of sp³-hybridized carbons (Fsp3) is 0.607. The van der Waals surface area contributed by atoms with Gasteiger partial charge in [0.2, 0.25) is 0 Å². The van der Waals surface area contributed by atoms with Gasteiger partial charge in [-0.3, -0.25) is 0 Å². The van der Waals surface area contributed by atoms with Crippen molar-refractivity contribution in [2.24, 2.45) is 34.5 Å². The van der Waals surface area contributed by atoms with Crippen molar-refractivity contribution in [3.05, 3.63) is 48.3 Å². The lowest BCUT2D eigenvalue weighted by atomic mass is 9.46. The van der Waals surface area contributed by atoms with Crippen molar-refractivity contribution >= 4 is 16.7 Å². The maximum Gasteiger partial charge on any atom is 0.100 e. The largest absolute Gasteiger partial charge is 0.302 e. The van der Waals surface area contributed by atoms with Crippen molar-refractivity contribution in [2.45, 2.75) is 72.1 Å². The van der Waals surface area contributed by atoms with Crippen LogP contribution in [0.1, 0.15) is 72.1 Å². The minimum absolute atomic E-state index is 0.285. The predicted octanol–water partition coefficient (Wildman–Crippen LogP) is 7.48. The molecule has 1 aromatic carbocycles. The number of para-hydroxylation sites is 2.